The van der Waals surface area contributed by atoms with Crippen molar-refractivity contribution in [2.45, 2.75) is 44.4 Å². The molecule has 1 aromatic rings. The lowest BCUT2D eigenvalue weighted by Crippen LogP contribution is -2.31. The predicted molar refractivity (Wildman–Crippen MR) is 73.7 cm³/mol. The second-order valence-corrected chi connectivity index (χ2v) is 7.02. The van der Waals surface area contributed by atoms with Crippen molar-refractivity contribution in [3.8, 4) is 0 Å². The molecule has 2 unspecified atom stereocenters. The van der Waals surface area contributed by atoms with Crippen LogP contribution >= 0.6 is 15.9 Å². The van der Waals surface area contributed by atoms with Gasteiger partial charge in [-0.15, -0.1) is 0 Å². The molecule has 1 saturated carbocycles. The highest BCUT2D eigenvalue weighted by Crippen LogP contribution is 2.50. The van der Waals surface area contributed by atoms with Gasteiger partial charge in [-0.25, -0.2) is 13.2 Å². The van der Waals surface area contributed by atoms with Crippen LogP contribution in [0, 0.1) is 28.8 Å². The van der Waals surface area contributed by atoms with E-state index in [1.807, 2.05) is 0 Å². The molecule has 0 aliphatic heterocycles. The van der Waals surface area contributed by atoms with E-state index in [-0.39, 0.29) is 21.7 Å². The molecule has 2 rings (SSSR count). The highest BCUT2D eigenvalue weighted by atomic mass is 79.9. The van der Waals surface area contributed by atoms with Gasteiger partial charge in [-0.2, -0.15) is 0 Å². The van der Waals surface area contributed by atoms with E-state index in [0.717, 1.165) is 25.3 Å². The second-order valence-electron chi connectivity index (χ2n) is 6.03. The highest BCUT2D eigenvalue weighted by molar-refractivity contribution is 9.09. The van der Waals surface area contributed by atoms with Crippen LogP contribution in [0.3, 0.4) is 0 Å². The predicted octanol–water partition coefficient (Wildman–Crippen LogP) is 5.76. The van der Waals surface area contributed by atoms with E-state index in [1.165, 1.54) is 6.42 Å². The number of alkyl halides is 1. The maximum atomic E-state index is 13.9. The molecule has 0 N–H and O–H groups in total. The standard InChI is InChI=1S/C15H18BrF3/c1-15(2)6-4-3-5-10(15)14(16)9-7-12(18)13(19)8-11(9)17/h7-8,10,14H,3-6H2,1-2H3. The van der Waals surface area contributed by atoms with Gasteiger partial charge in [0.2, 0.25) is 0 Å². The Hall–Kier alpha value is -0.510. The first-order chi connectivity index (χ1) is 8.83. The first-order valence-electron chi connectivity index (χ1n) is 6.61. The lowest BCUT2D eigenvalue weighted by atomic mass is 9.67. The molecule has 0 amide bonds. The number of benzene rings is 1. The monoisotopic (exact) mass is 334 g/mol. The third kappa shape index (κ3) is 2.99. The Balaban J connectivity index is 2.33. The Bertz CT molecular complexity index is 471. The number of halogens is 4. The summed E-state index contributed by atoms with van der Waals surface area (Å²) in [5.41, 5.74) is 0.294. The van der Waals surface area contributed by atoms with Gasteiger partial charge < -0.3 is 0 Å². The van der Waals surface area contributed by atoms with Crippen molar-refractivity contribution in [3.05, 3.63) is 35.1 Å². The van der Waals surface area contributed by atoms with Crippen LogP contribution in [0.2, 0.25) is 0 Å². The van der Waals surface area contributed by atoms with Crippen molar-refractivity contribution in [3.63, 3.8) is 0 Å². The third-order valence-corrected chi connectivity index (χ3v) is 5.41. The quantitative estimate of drug-likeness (QED) is 0.476. The average Bonchev–Trinajstić information content (AvgIpc) is 2.32. The summed E-state index contributed by atoms with van der Waals surface area (Å²) >= 11 is 3.50. The lowest BCUT2D eigenvalue weighted by Gasteiger charge is -2.41. The first kappa shape index (κ1) is 14.9. The van der Waals surface area contributed by atoms with Gasteiger partial charge in [0, 0.05) is 16.5 Å². The molecule has 1 fully saturated rings. The minimum atomic E-state index is -1.14. The maximum absolute atomic E-state index is 13.9. The number of hydrogen-bond donors (Lipinski definition) is 0. The Morgan fingerprint density at radius 3 is 2.37 bits per heavy atom. The molecule has 1 aliphatic carbocycles. The van der Waals surface area contributed by atoms with Crippen LogP contribution in [-0.2, 0) is 0 Å². The molecule has 106 valence electrons. The summed E-state index contributed by atoms with van der Waals surface area (Å²) in [5, 5.41) is 0. The Morgan fingerprint density at radius 2 is 1.74 bits per heavy atom. The zero-order valence-corrected chi connectivity index (χ0v) is 12.7. The molecule has 1 aliphatic rings. The zero-order chi connectivity index (χ0) is 14.2. The van der Waals surface area contributed by atoms with Crippen molar-refractivity contribution in [2.75, 3.05) is 0 Å². The number of rotatable bonds is 2. The maximum Gasteiger partial charge on any atom is 0.161 e. The average molecular weight is 335 g/mol. The van der Waals surface area contributed by atoms with E-state index < -0.39 is 17.5 Å². The van der Waals surface area contributed by atoms with Crippen LogP contribution < -0.4 is 0 Å². The smallest absolute Gasteiger partial charge is 0.161 e. The first-order valence-corrected chi connectivity index (χ1v) is 7.53. The lowest BCUT2D eigenvalue weighted by molar-refractivity contribution is 0.135. The van der Waals surface area contributed by atoms with E-state index in [1.54, 1.807) is 0 Å². The fraction of sp³-hybridized carbons (Fsp3) is 0.600. The molecular weight excluding hydrogens is 317 g/mol. The highest BCUT2D eigenvalue weighted by Gasteiger charge is 2.38. The molecule has 19 heavy (non-hydrogen) atoms. The molecule has 1 aromatic carbocycles. The van der Waals surface area contributed by atoms with Crippen LogP contribution in [0.25, 0.3) is 0 Å². The van der Waals surface area contributed by atoms with E-state index in [2.05, 4.69) is 29.8 Å². The third-order valence-electron chi connectivity index (χ3n) is 4.28. The topological polar surface area (TPSA) is 0 Å². The molecule has 0 radical (unpaired) electrons. The molecule has 0 heterocycles. The second kappa shape index (κ2) is 5.47. The Morgan fingerprint density at radius 1 is 1.11 bits per heavy atom. The normalized spacial score (nSPS) is 24.2. The van der Waals surface area contributed by atoms with Crippen LogP contribution in [-0.4, -0.2) is 0 Å². The molecule has 0 aromatic heterocycles. The van der Waals surface area contributed by atoms with Crippen LogP contribution in [0.1, 0.15) is 49.9 Å². The molecule has 2 atom stereocenters. The Labute approximate surface area is 120 Å². The van der Waals surface area contributed by atoms with Gasteiger partial charge in [-0.3, -0.25) is 0 Å². The molecule has 0 saturated heterocycles. The molecule has 0 bridgehead atoms. The molecule has 4 heteroatoms. The van der Waals surface area contributed by atoms with Gasteiger partial charge >= 0.3 is 0 Å². The minimum Gasteiger partial charge on any atom is -0.207 e. The van der Waals surface area contributed by atoms with E-state index in [9.17, 15) is 13.2 Å². The summed E-state index contributed by atoms with van der Waals surface area (Å²) in [4.78, 5) is -0.280. The van der Waals surface area contributed by atoms with Crippen molar-refractivity contribution in [1.82, 2.24) is 0 Å². The van der Waals surface area contributed by atoms with Gasteiger partial charge in [0.1, 0.15) is 5.82 Å². The minimum absolute atomic E-state index is 0.0731. The van der Waals surface area contributed by atoms with Crippen molar-refractivity contribution in [1.29, 1.82) is 0 Å². The fourth-order valence-corrected chi connectivity index (χ4v) is 4.36. The van der Waals surface area contributed by atoms with Gasteiger partial charge in [0.25, 0.3) is 0 Å². The van der Waals surface area contributed by atoms with Gasteiger partial charge in [-0.1, -0.05) is 42.6 Å². The SMILES string of the molecule is CC1(C)CCCCC1C(Br)c1cc(F)c(F)cc1F. The number of hydrogen-bond acceptors (Lipinski definition) is 0. The fourth-order valence-electron chi connectivity index (χ4n) is 3.03. The molecular formula is C15H18BrF3. The summed E-state index contributed by atoms with van der Waals surface area (Å²) in [5.74, 6) is -2.58. The van der Waals surface area contributed by atoms with E-state index >= 15 is 0 Å². The van der Waals surface area contributed by atoms with Crippen molar-refractivity contribution >= 4 is 15.9 Å². The van der Waals surface area contributed by atoms with Crippen molar-refractivity contribution in [2.24, 2.45) is 11.3 Å². The molecule has 0 nitrogen and oxygen atoms in total. The van der Waals surface area contributed by atoms with Crippen LogP contribution in [0.5, 0.6) is 0 Å². The van der Waals surface area contributed by atoms with Gasteiger partial charge in [-0.05, 0) is 30.2 Å². The summed E-state index contributed by atoms with van der Waals surface area (Å²) in [6.07, 6.45) is 4.32. The van der Waals surface area contributed by atoms with E-state index in [0.29, 0.717) is 6.07 Å². The van der Waals surface area contributed by atoms with Crippen molar-refractivity contribution < 1.29 is 13.2 Å². The van der Waals surface area contributed by atoms with Crippen LogP contribution in [0.15, 0.2) is 12.1 Å². The Kier molecular flexibility index (Phi) is 4.29. The zero-order valence-electron chi connectivity index (χ0n) is 11.1. The molecule has 0 spiro atoms. The summed E-state index contributed by atoms with van der Waals surface area (Å²) in [7, 11) is 0. The summed E-state index contributed by atoms with van der Waals surface area (Å²) < 4.78 is 40.2. The summed E-state index contributed by atoms with van der Waals surface area (Å²) in [6.45, 7) is 4.31. The van der Waals surface area contributed by atoms with Gasteiger partial charge in [0.15, 0.2) is 11.6 Å². The van der Waals surface area contributed by atoms with E-state index in [4.69, 9.17) is 0 Å². The largest absolute Gasteiger partial charge is 0.207 e. The van der Waals surface area contributed by atoms with Crippen LogP contribution in [0.4, 0.5) is 13.2 Å². The van der Waals surface area contributed by atoms with Gasteiger partial charge in [0.05, 0.1) is 0 Å². The summed E-state index contributed by atoms with van der Waals surface area (Å²) in [6, 6.07) is 1.61.